The maximum absolute atomic E-state index is 10.6. The van der Waals surface area contributed by atoms with Crippen molar-refractivity contribution in [2.75, 3.05) is 0 Å². The van der Waals surface area contributed by atoms with Crippen molar-refractivity contribution in [3.8, 4) is 5.75 Å². The zero-order chi connectivity index (χ0) is 14.8. The second-order valence-electron chi connectivity index (χ2n) is 5.87. The molecule has 0 saturated heterocycles. The summed E-state index contributed by atoms with van der Waals surface area (Å²) in [7, 11) is 0. The molecule has 0 heterocycles. The number of fused-ring (bicyclic) bond motifs is 1. The lowest BCUT2D eigenvalue weighted by Crippen LogP contribution is -2.32. The fraction of sp³-hybridized carbons (Fsp3) is 0.368. The molecule has 0 fully saturated rings. The van der Waals surface area contributed by atoms with Crippen molar-refractivity contribution in [2.45, 2.75) is 44.8 Å². The van der Waals surface area contributed by atoms with Crippen molar-refractivity contribution in [3.05, 3.63) is 65.2 Å². The summed E-state index contributed by atoms with van der Waals surface area (Å²) in [4.78, 5) is 0. The Morgan fingerprint density at radius 2 is 1.86 bits per heavy atom. The zero-order valence-corrected chi connectivity index (χ0v) is 12.6. The molecule has 3 atom stereocenters. The van der Waals surface area contributed by atoms with Gasteiger partial charge in [-0.3, -0.25) is 0 Å². The largest absolute Gasteiger partial charge is 0.487 e. The highest BCUT2D eigenvalue weighted by Crippen LogP contribution is 2.39. The number of aryl methyl sites for hydroxylation is 1. The van der Waals surface area contributed by atoms with E-state index in [1.165, 1.54) is 11.1 Å². The molecule has 2 nitrogen and oxygen atoms in total. The van der Waals surface area contributed by atoms with Crippen LogP contribution in [0, 0.1) is 0 Å². The molecule has 0 bridgehead atoms. The molecule has 0 radical (unpaired) electrons. The van der Waals surface area contributed by atoms with E-state index in [0.29, 0.717) is 5.92 Å². The maximum Gasteiger partial charge on any atom is 0.129 e. The Balaban J connectivity index is 1.84. The third-order valence-electron chi connectivity index (χ3n) is 4.38. The summed E-state index contributed by atoms with van der Waals surface area (Å²) in [6.07, 6.45) is 1.10. The Kier molecular flexibility index (Phi) is 3.98. The van der Waals surface area contributed by atoms with Crippen LogP contribution in [0.1, 0.15) is 49.0 Å². The normalized spacial score (nSPS) is 24.4. The van der Waals surface area contributed by atoms with E-state index in [4.69, 9.17) is 4.74 Å². The van der Waals surface area contributed by atoms with Gasteiger partial charge in [-0.25, -0.2) is 0 Å². The second kappa shape index (κ2) is 5.90. The SMILES string of the molecule is CCc1cccc(OC2CC(C)c3ccccc3C2O)c1. The average Bonchev–Trinajstić information content (AvgIpc) is 2.52. The molecule has 1 aliphatic rings. The van der Waals surface area contributed by atoms with E-state index in [-0.39, 0.29) is 6.10 Å². The molecular weight excluding hydrogens is 260 g/mol. The van der Waals surface area contributed by atoms with Gasteiger partial charge in [0.05, 0.1) is 0 Å². The molecule has 0 amide bonds. The van der Waals surface area contributed by atoms with Crippen molar-refractivity contribution in [3.63, 3.8) is 0 Å². The van der Waals surface area contributed by atoms with Crippen molar-refractivity contribution in [2.24, 2.45) is 0 Å². The average molecular weight is 282 g/mol. The molecule has 3 unspecified atom stereocenters. The van der Waals surface area contributed by atoms with Gasteiger partial charge in [-0.2, -0.15) is 0 Å². The van der Waals surface area contributed by atoms with Gasteiger partial charge < -0.3 is 9.84 Å². The van der Waals surface area contributed by atoms with Gasteiger partial charge in [0.2, 0.25) is 0 Å². The first-order valence-corrected chi connectivity index (χ1v) is 7.71. The maximum atomic E-state index is 10.6. The molecule has 0 aliphatic heterocycles. The van der Waals surface area contributed by atoms with E-state index in [2.05, 4.69) is 32.0 Å². The van der Waals surface area contributed by atoms with Crippen LogP contribution in [0.25, 0.3) is 0 Å². The number of hydrogen-bond acceptors (Lipinski definition) is 2. The highest BCUT2D eigenvalue weighted by Gasteiger charge is 2.33. The van der Waals surface area contributed by atoms with Crippen LogP contribution in [0.15, 0.2) is 48.5 Å². The van der Waals surface area contributed by atoms with Crippen molar-refractivity contribution >= 4 is 0 Å². The van der Waals surface area contributed by atoms with Crippen molar-refractivity contribution in [1.82, 2.24) is 0 Å². The van der Waals surface area contributed by atoms with Crippen molar-refractivity contribution < 1.29 is 9.84 Å². The summed E-state index contributed by atoms with van der Waals surface area (Å²) in [5.74, 6) is 1.26. The predicted octanol–water partition coefficient (Wildman–Crippen LogP) is 4.24. The Labute approximate surface area is 126 Å². The van der Waals surface area contributed by atoms with Gasteiger partial charge >= 0.3 is 0 Å². The van der Waals surface area contributed by atoms with Crippen LogP contribution in [0.3, 0.4) is 0 Å². The van der Waals surface area contributed by atoms with Crippen LogP contribution >= 0.6 is 0 Å². The fourth-order valence-corrected chi connectivity index (χ4v) is 3.16. The summed E-state index contributed by atoms with van der Waals surface area (Å²) >= 11 is 0. The van der Waals surface area contributed by atoms with E-state index >= 15 is 0 Å². The van der Waals surface area contributed by atoms with E-state index in [1.807, 2.05) is 30.3 Å². The molecular formula is C19H22O2. The van der Waals surface area contributed by atoms with Crippen LogP contribution < -0.4 is 4.74 Å². The minimum Gasteiger partial charge on any atom is -0.487 e. The lowest BCUT2D eigenvalue weighted by Gasteiger charge is -2.34. The fourth-order valence-electron chi connectivity index (χ4n) is 3.16. The summed E-state index contributed by atoms with van der Waals surface area (Å²) in [5, 5.41) is 10.6. The summed E-state index contributed by atoms with van der Waals surface area (Å²) < 4.78 is 6.09. The van der Waals surface area contributed by atoms with Crippen molar-refractivity contribution in [1.29, 1.82) is 0 Å². The van der Waals surface area contributed by atoms with E-state index in [9.17, 15) is 5.11 Å². The smallest absolute Gasteiger partial charge is 0.129 e. The van der Waals surface area contributed by atoms with Crippen LogP contribution in [-0.4, -0.2) is 11.2 Å². The first-order chi connectivity index (χ1) is 10.2. The first kappa shape index (κ1) is 14.2. The van der Waals surface area contributed by atoms with Gasteiger partial charge in [-0.05, 0) is 47.6 Å². The minimum absolute atomic E-state index is 0.179. The van der Waals surface area contributed by atoms with E-state index < -0.39 is 6.10 Å². The highest BCUT2D eigenvalue weighted by atomic mass is 16.5. The topological polar surface area (TPSA) is 29.5 Å². The van der Waals surface area contributed by atoms with E-state index in [0.717, 1.165) is 24.2 Å². The molecule has 3 rings (SSSR count). The molecule has 110 valence electrons. The number of hydrogen-bond donors (Lipinski definition) is 1. The van der Waals surface area contributed by atoms with Crippen LogP contribution in [0.4, 0.5) is 0 Å². The van der Waals surface area contributed by atoms with Gasteiger partial charge in [0.25, 0.3) is 0 Å². The Bertz CT molecular complexity index is 620. The van der Waals surface area contributed by atoms with Gasteiger partial charge in [0, 0.05) is 0 Å². The second-order valence-corrected chi connectivity index (χ2v) is 5.87. The zero-order valence-electron chi connectivity index (χ0n) is 12.6. The van der Waals surface area contributed by atoms with Gasteiger partial charge in [0.1, 0.15) is 18.0 Å². The van der Waals surface area contributed by atoms with E-state index in [1.54, 1.807) is 0 Å². The first-order valence-electron chi connectivity index (χ1n) is 7.71. The molecule has 1 aliphatic carbocycles. The van der Waals surface area contributed by atoms with Crippen LogP contribution in [0.2, 0.25) is 0 Å². The number of aliphatic hydroxyl groups excluding tert-OH is 1. The molecule has 0 saturated carbocycles. The Morgan fingerprint density at radius 3 is 2.62 bits per heavy atom. The molecule has 0 spiro atoms. The molecule has 2 aromatic carbocycles. The number of rotatable bonds is 3. The van der Waals surface area contributed by atoms with Crippen LogP contribution in [0.5, 0.6) is 5.75 Å². The number of benzene rings is 2. The molecule has 2 aromatic rings. The Hall–Kier alpha value is -1.80. The van der Waals surface area contributed by atoms with Gasteiger partial charge in [-0.1, -0.05) is 50.2 Å². The monoisotopic (exact) mass is 282 g/mol. The highest BCUT2D eigenvalue weighted by molar-refractivity contribution is 5.36. The lowest BCUT2D eigenvalue weighted by molar-refractivity contribution is 0.0179. The quantitative estimate of drug-likeness (QED) is 0.912. The third-order valence-corrected chi connectivity index (χ3v) is 4.38. The lowest BCUT2D eigenvalue weighted by atomic mass is 9.80. The summed E-state index contributed by atoms with van der Waals surface area (Å²) in [6, 6.07) is 16.3. The third kappa shape index (κ3) is 2.81. The van der Waals surface area contributed by atoms with Crippen LogP contribution in [-0.2, 0) is 6.42 Å². The van der Waals surface area contributed by atoms with Gasteiger partial charge in [-0.15, -0.1) is 0 Å². The summed E-state index contributed by atoms with van der Waals surface area (Å²) in [6.45, 7) is 4.33. The Morgan fingerprint density at radius 1 is 1.10 bits per heavy atom. The molecule has 2 heteroatoms. The standard InChI is InChI=1S/C19H22O2/c1-3-14-7-6-8-15(12-14)21-18-11-13(2)16-9-4-5-10-17(16)19(18)20/h4-10,12-13,18-20H,3,11H2,1-2H3. The number of ether oxygens (including phenoxy) is 1. The molecule has 21 heavy (non-hydrogen) atoms. The number of aliphatic hydroxyl groups is 1. The summed E-state index contributed by atoms with van der Waals surface area (Å²) in [5.41, 5.74) is 3.51. The van der Waals surface area contributed by atoms with Gasteiger partial charge in [0.15, 0.2) is 0 Å². The molecule has 0 aromatic heterocycles. The minimum atomic E-state index is -0.553. The molecule has 1 N–H and O–H groups in total. The predicted molar refractivity (Wildman–Crippen MR) is 84.7 cm³/mol.